The Morgan fingerprint density at radius 2 is 1.25 bits per heavy atom. The summed E-state index contributed by atoms with van der Waals surface area (Å²) in [6.45, 7) is 2.70. The van der Waals surface area contributed by atoms with Crippen LogP contribution in [-0.2, 0) is 60.8 Å². The fraction of sp³-hybridized carbons (Fsp3) is 0.458. The molecule has 1 fully saturated rings. The van der Waals surface area contributed by atoms with E-state index in [2.05, 4.69) is 58.2 Å². The van der Waals surface area contributed by atoms with Crippen molar-refractivity contribution in [2.24, 2.45) is 17.2 Å². The predicted molar refractivity (Wildman–Crippen MR) is 288 cm³/mol. The number of aromatic nitrogens is 1. The molecule has 3 aromatic rings. The second kappa shape index (κ2) is 31.1. The molecule has 1 aliphatic rings. The first-order valence-corrected chi connectivity index (χ1v) is 27.0. The second-order valence-electron chi connectivity index (χ2n) is 18.0. The Bertz CT molecular complexity index is 2610. The zero-order valence-corrected chi connectivity index (χ0v) is 44.1. The van der Waals surface area contributed by atoms with Crippen molar-refractivity contribution in [3.8, 4) is 0 Å². The number of para-hydroxylation sites is 1. The van der Waals surface area contributed by atoms with E-state index in [0.717, 1.165) is 21.6 Å². The maximum atomic E-state index is 14.5. The SMILES string of the molecule is CC(=O)N[C@@H](CCCNC(=N)N)C(=O)N[C@H]1CSSC[C@@H](C(=O)O)NC(=O)[C@H](Cc2c[nH]c3ccccc23)NC(=O)[C@H](CCCNC(=N)N)NC(=O)[C@@H](Cc2ccccc2)NC(=O)[C@H](CCC(N)=O)NC(=O)[C@@H](C)NC1=O. The molecule has 2 aromatic carbocycles. The van der Waals surface area contributed by atoms with E-state index in [4.69, 9.17) is 28.0 Å². The molecular formula is C48H68N16O11S2. The molecule has 27 nitrogen and oxygen atoms in total. The number of rotatable bonds is 19. The molecule has 0 radical (unpaired) electrons. The van der Waals surface area contributed by atoms with Crippen LogP contribution in [0.2, 0.25) is 0 Å². The number of aliphatic carboxylic acids is 1. The lowest BCUT2D eigenvalue weighted by molar-refractivity contribution is -0.141. The van der Waals surface area contributed by atoms with Gasteiger partial charge in [0, 0.05) is 67.9 Å². The average Bonchev–Trinajstić information content (AvgIpc) is 3.78. The summed E-state index contributed by atoms with van der Waals surface area (Å²) in [5.41, 5.74) is 18.1. The smallest absolute Gasteiger partial charge is 0.327 e. The van der Waals surface area contributed by atoms with E-state index in [0.29, 0.717) is 22.0 Å². The van der Waals surface area contributed by atoms with Crippen molar-refractivity contribution in [3.63, 3.8) is 0 Å². The number of guanidine groups is 2. The van der Waals surface area contributed by atoms with Crippen LogP contribution in [0, 0.1) is 10.8 Å². The number of nitrogens with one attached hydrogen (secondary N) is 13. The molecule has 1 aliphatic heterocycles. The normalized spacial score (nSPS) is 21.8. The third kappa shape index (κ3) is 21.2. The first-order valence-electron chi connectivity index (χ1n) is 24.5. The topological polar surface area (TPSA) is 453 Å². The minimum Gasteiger partial charge on any atom is -0.480 e. The van der Waals surface area contributed by atoms with Crippen LogP contribution in [-0.4, -0.2) is 154 Å². The van der Waals surface area contributed by atoms with Gasteiger partial charge in [-0.2, -0.15) is 0 Å². The lowest BCUT2D eigenvalue weighted by atomic mass is 10.0. The molecule has 418 valence electrons. The molecule has 0 aliphatic carbocycles. The van der Waals surface area contributed by atoms with Gasteiger partial charge in [0.1, 0.15) is 48.3 Å². The van der Waals surface area contributed by atoms with E-state index >= 15 is 0 Å². The van der Waals surface area contributed by atoms with Crippen LogP contribution in [0.1, 0.15) is 63.5 Å². The highest BCUT2D eigenvalue weighted by Gasteiger charge is 2.35. The number of fused-ring (bicyclic) bond motifs is 1. The molecule has 77 heavy (non-hydrogen) atoms. The van der Waals surface area contributed by atoms with Crippen LogP contribution in [0.3, 0.4) is 0 Å². The number of carboxylic acid groups (broad SMARTS) is 1. The van der Waals surface area contributed by atoms with Gasteiger partial charge < -0.3 is 80.5 Å². The molecule has 2 heterocycles. The standard InChI is InChI=1S/C48H68N16O11S2/c1-25-39(67)59-33(16-17-38(49)66)42(70)61-34(20-27-10-4-3-5-11-27)43(71)60-32(15-9-19-55-48(52)53)41(69)62-35(21-28-22-56-30-13-7-6-12-29(28)30)44(72)64-37(46(74)75)24-77-76-23-36(45(73)57-25)63-40(68)31(58-26(2)65)14-8-18-54-47(50)51/h3-7,10-13,22,25,31-37,56H,8-9,14-21,23-24H2,1-2H3,(H2,49,66)(H,57,73)(H,58,65)(H,59,67)(H,60,71)(H,61,70)(H,62,69)(H,63,68)(H,64,72)(H,74,75)(H4,50,51,54)(H4,52,53,55)/t25-,31+,32+,33+,34-,35+,36+,37+/m1/s1. The number of benzene rings is 2. The zero-order valence-electron chi connectivity index (χ0n) is 42.5. The Morgan fingerprint density at radius 3 is 1.88 bits per heavy atom. The molecule has 20 N–H and O–H groups in total. The summed E-state index contributed by atoms with van der Waals surface area (Å²) >= 11 is 0. The summed E-state index contributed by atoms with van der Waals surface area (Å²) in [5, 5.41) is 51.9. The molecule has 1 aromatic heterocycles. The van der Waals surface area contributed by atoms with E-state index in [1.807, 2.05) is 0 Å². The monoisotopic (exact) mass is 1110 g/mol. The van der Waals surface area contributed by atoms with Crippen LogP contribution < -0.4 is 70.4 Å². The number of carbonyl (C=O) groups excluding carboxylic acids is 9. The van der Waals surface area contributed by atoms with Crippen molar-refractivity contribution in [1.29, 1.82) is 10.8 Å². The molecule has 0 spiro atoms. The number of aromatic amines is 1. The molecule has 0 bridgehead atoms. The van der Waals surface area contributed by atoms with Gasteiger partial charge in [-0.25, -0.2) is 4.79 Å². The summed E-state index contributed by atoms with van der Waals surface area (Å²) in [7, 11) is 1.82. The van der Waals surface area contributed by atoms with Crippen LogP contribution in [0.25, 0.3) is 10.9 Å². The highest BCUT2D eigenvalue weighted by molar-refractivity contribution is 8.76. The van der Waals surface area contributed by atoms with Gasteiger partial charge in [0.25, 0.3) is 0 Å². The van der Waals surface area contributed by atoms with Crippen molar-refractivity contribution >= 4 is 104 Å². The first kappa shape index (κ1) is 61.5. The molecule has 29 heteroatoms. The highest BCUT2D eigenvalue weighted by Crippen LogP contribution is 2.24. The number of hydrogen-bond acceptors (Lipinski definition) is 14. The Kier molecular flexibility index (Phi) is 24.8. The second-order valence-corrected chi connectivity index (χ2v) is 20.5. The third-order valence-corrected chi connectivity index (χ3v) is 14.2. The Morgan fingerprint density at radius 1 is 0.688 bits per heavy atom. The average molecular weight is 1110 g/mol. The number of nitrogens with two attached hydrogens (primary N) is 3. The Balaban J connectivity index is 1.79. The molecule has 4 rings (SSSR count). The van der Waals surface area contributed by atoms with Crippen LogP contribution in [0.15, 0.2) is 60.8 Å². The number of carboxylic acids is 1. The minimum absolute atomic E-state index is 0.0321. The Hall–Kier alpha value is -8.08. The van der Waals surface area contributed by atoms with Crippen molar-refractivity contribution < 1.29 is 53.1 Å². The molecule has 9 amide bonds. The molecule has 0 unspecified atom stereocenters. The first-order chi connectivity index (χ1) is 36.6. The number of primary amides is 1. The van der Waals surface area contributed by atoms with Gasteiger partial charge in [0.15, 0.2) is 11.9 Å². The minimum atomic E-state index is -1.60. The summed E-state index contributed by atoms with van der Waals surface area (Å²) in [6, 6.07) is 4.03. The van der Waals surface area contributed by atoms with Gasteiger partial charge in [0.2, 0.25) is 53.2 Å². The van der Waals surface area contributed by atoms with Gasteiger partial charge >= 0.3 is 5.97 Å². The van der Waals surface area contributed by atoms with Crippen molar-refractivity contribution in [2.45, 2.75) is 114 Å². The number of amides is 9. The largest absolute Gasteiger partial charge is 0.480 e. The number of H-pyrrole nitrogens is 1. The van der Waals surface area contributed by atoms with E-state index < -0.39 is 114 Å². The Labute approximate surface area is 451 Å². The maximum absolute atomic E-state index is 14.5. The van der Waals surface area contributed by atoms with E-state index in [1.165, 1.54) is 13.8 Å². The molecule has 1 saturated heterocycles. The summed E-state index contributed by atoms with van der Waals surface area (Å²) in [5.74, 6) is -10.4. The highest BCUT2D eigenvalue weighted by atomic mass is 33.1. The summed E-state index contributed by atoms with van der Waals surface area (Å²) < 4.78 is 0. The van der Waals surface area contributed by atoms with Crippen LogP contribution >= 0.6 is 21.6 Å². The quantitative estimate of drug-likeness (QED) is 0.0249. The molecule has 8 atom stereocenters. The van der Waals surface area contributed by atoms with Crippen molar-refractivity contribution in [1.82, 2.24) is 58.2 Å². The fourth-order valence-corrected chi connectivity index (χ4v) is 10.1. The van der Waals surface area contributed by atoms with E-state index in [-0.39, 0.29) is 81.5 Å². The third-order valence-electron chi connectivity index (χ3n) is 11.8. The molecule has 0 saturated carbocycles. The van der Waals surface area contributed by atoms with Gasteiger partial charge in [-0.15, -0.1) is 0 Å². The summed E-state index contributed by atoms with van der Waals surface area (Å²) in [4.78, 5) is 139. The van der Waals surface area contributed by atoms with Gasteiger partial charge in [-0.05, 0) is 56.2 Å². The van der Waals surface area contributed by atoms with Crippen LogP contribution in [0.5, 0.6) is 0 Å². The van der Waals surface area contributed by atoms with Gasteiger partial charge in [0.05, 0.1) is 0 Å². The van der Waals surface area contributed by atoms with Gasteiger partial charge in [-0.3, -0.25) is 54.0 Å². The number of carbonyl (C=O) groups is 10. The number of hydrogen-bond donors (Lipinski definition) is 17. The maximum Gasteiger partial charge on any atom is 0.327 e. The van der Waals surface area contributed by atoms with Crippen molar-refractivity contribution in [3.05, 3.63) is 71.9 Å². The predicted octanol–water partition coefficient (Wildman–Crippen LogP) is -2.86. The van der Waals surface area contributed by atoms with E-state index in [9.17, 15) is 53.1 Å². The van der Waals surface area contributed by atoms with Crippen molar-refractivity contribution in [2.75, 3.05) is 24.6 Å². The lowest BCUT2D eigenvalue weighted by Gasteiger charge is -2.27. The zero-order chi connectivity index (χ0) is 56.6. The molecular weight excluding hydrogens is 1040 g/mol. The van der Waals surface area contributed by atoms with E-state index in [1.54, 1.807) is 60.8 Å². The summed E-state index contributed by atoms with van der Waals surface area (Å²) in [6.07, 6.45) is 0.833. The van der Waals surface area contributed by atoms with Gasteiger partial charge in [-0.1, -0.05) is 70.1 Å². The fourth-order valence-electron chi connectivity index (χ4n) is 7.81. The lowest BCUT2D eigenvalue weighted by Crippen LogP contribution is -2.60. The van der Waals surface area contributed by atoms with Crippen LogP contribution in [0.4, 0.5) is 0 Å².